The summed E-state index contributed by atoms with van der Waals surface area (Å²) in [7, 11) is 0. The first-order valence-corrected chi connectivity index (χ1v) is 7.27. The lowest BCUT2D eigenvalue weighted by molar-refractivity contribution is 0.435. The molecule has 1 aliphatic rings. The number of hydrogen-bond donors (Lipinski definition) is 2. The number of rotatable bonds is 8. The van der Waals surface area contributed by atoms with Crippen LogP contribution in [-0.4, -0.2) is 13.1 Å². The molecule has 2 nitrogen and oxygen atoms in total. The lowest BCUT2D eigenvalue weighted by Gasteiger charge is -2.15. The third-order valence-corrected chi connectivity index (χ3v) is 4.30. The van der Waals surface area contributed by atoms with Gasteiger partial charge in [-0.3, -0.25) is 0 Å². The molecule has 0 spiro atoms. The standard InChI is InChI=1S/C16H26N2/c1-2-16(10-11-16)13-18-12-6-9-15(17)14-7-4-3-5-8-14/h3-5,7-8,15,18H,2,6,9-13,17H2,1H3. The van der Waals surface area contributed by atoms with Crippen LogP contribution in [0.15, 0.2) is 30.3 Å². The Morgan fingerprint density at radius 2 is 2.00 bits per heavy atom. The van der Waals surface area contributed by atoms with Gasteiger partial charge in [-0.1, -0.05) is 37.3 Å². The maximum absolute atomic E-state index is 6.17. The van der Waals surface area contributed by atoms with E-state index in [2.05, 4.69) is 36.5 Å². The van der Waals surface area contributed by atoms with Crippen LogP contribution in [0.1, 0.15) is 50.6 Å². The summed E-state index contributed by atoms with van der Waals surface area (Å²) >= 11 is 0. The fourth-order valence-electron chi connectivity index (χ4n) is 2.50. The van der Waals surface area contributed by atoms with Crippen molar-refractivity contribution in [2.75, 3.05) is 13.1 Å². The Kier molecular flexibility index (Phi) is 4.79. The molecule has 0 radical (unpaired) electrons. The molecule has 1 aliphatic carbocycles. The van der Waals surface area contributed by atoms with E-state index in [-0.39, 0.29) is 6.04 Å². The van der Waals surface area contributed by atoms with Crippen LogP contribution in [0.2, 0.25) is 0 Å². The monoisotopic (exact) mass is 246 g/mol. The third-order valence-electron chi connectivity index (χ3n) is 4.30. The van der Waals surface area contributed by atoms with Crippen LogP contribution in [0.5, 0.6) is 0 Å². The first-order chi connectivity index (χ1) is 8.76. The predicted molar refractivity (Wildman–Crippen MR) is 77.4 cm³/mol. The van der Waals surface area contributed by atoms with Crippen molar-refractivity contribution in [3.05, 3.63) is 35.9 Å². The molecule has 2 rings (SSSR count). The van der Waals surface area contributed by atoms with Crippen molar-refractivity contribution in [2.45, 2.75) is 45.1 Å². The predicted octanol–water partition coefficient (Wildman–Crippen LogP) is 3.25. The fourth-order valence-corrected chi connectivity index (χ4v) is 2.50. The van der Waals surface area contributed by atoms with E-state index >= 15 is 0 Å². The maximum Gasteiger partial charge on any atom is 0.0295 e. The van der Waals surface area contributed by atoms with Crippen LogP contribution in [0.3, 0.4) is 0 Å². The van der Waals surface area contributed by atoms with Gasteiger partial charge in [0.1, 0.15) is 0 Å². The van der Waals surface area contributed by atoms with Gasteiger partial charge in [-0.25, -0.2) is 0 Å². The second kappa shape index (κ2) is 6.35. The molecule has 100 valence electrons. The second-order valence-electron chi connectivity index (χ2n) is 5.69. The van der Waals surface area contributed by atoms with Gasteiger partial charge in [0.2, 0.25) is 0 Å². The van der Waals surface area contributed by atoms with Gasteiger partial charge in [-0.15, -0.1) is 0 Å². The molecular weight excluding hydrogens is 220 g/mol. The summed E-state index contributed by atoms with van der Waals surface area (Å²) in [6.07, 6.45) is 6.38. The summed E-state index contributed by atoms with van der Waals surface area (Å²) in [5, 5.41) is 3.59. The molecule has 1 atom stereocenters. The summed E-state index contributed by atoms with van der Waals surface area (Å²) in [5.74, 6) is 0. The Labute approximate surface area is 111 Å². The van der Waals surface area contributed by atoms with Crippen molar-refractivity contribution in [1.29, 1.82) is 0 Å². The Morgan fingerprint density at radius 1 is 1.28 bits per heavy atom. The van der Waals surface area contributed by atoms with Gasteiger partial charge in [0, 0.05) is 12.6 Å². The van der Waals surface area contributed by atoms with E-state index in [4.69, 9.17) is 5.73 Å². The van der Waals surface area contributed by atoms with Crippen molar-refractivity contribution in [1.82, 2.24) is 5.32 Å². The van der Waals surface area contributed by atoms with Crippen molar-refractivity contribution in [2.24, 2.45) is 11.1 Å². The van der Waals surface area contributed by atoms with Gasteiger partial charge in [0.05, 0.1) is 0 Å². The molecule has 0 amide bonds. The highest BCUT2D eigenvalue weighted by Crippen LogP contribution is 2.47. The van der Waals surface area contributed by atoms with Gasteiger partial charge in [-0.05, 0) is 49.6 Å². The van der Waals surface area contributed by atoms with E-state index in [0.717, 1.165) is 19.4 Å². The van der Waals surface area contributed by atoms with E-state index in [1.165, 1.54) is 31.4 Å². The van der Waals surface area contributed by atoms with E-state index in [0.29, 0.717) is 5.41 Å². The van der Waals surface area contributed by atoms with Gasteiger partial charge < -0.3 is 11.1 Å². The normalized spacial score (nSPS) is 18.6. The van der Waals surface area contributed by atoms with Gasteiger partial charge in [0.25, 0.3) is 0 Å². The second-order valence-corrected chi connectivity index (χ2v) is 5.69. The van der Waals surface area contributed by atoms with Crippen molar-refractivity contribution >= 4 is 0 Å². The minimum Gasteiger partial charge on any atom is -0.324 e. The van der Waals surface area contributed by atoms with Crippen LogP contribution >= 0.6 is 0 Å². The lowest BCUT2D eigenvalue weighted by Crippen LogP contribution is -2.25. The minimum absolute atomic E-state index is 0.189. The molecule has 1 aromatic rings. The largest absolute Gasteiger partial charge is 0.324 e. The zero-order chi connectivity index (χ0) is 12.8. The quantitative estimate of drug-likeness (QED) is 0.691. The number of nitrogens with one attached hydrogen (secondary N) is 1. The highest BCUT2D eigenvalue weighted by molar-refractivity contribution is 5.18. The van der Waals surface area contributed by atoms with Crippen LogP contribution in [-0.2, 0) is 0 Å². The maximum atomic E-state index is 6.17. The average Bonchev–Trinajstić information content (AvgIpc) is 3.20. The molecule has 1 unspecified atom stereocenters. The number of nitrogens with two attached hydrogens (primary N) is 1. The van der Waals surface area contributed by atoms with Crippen molar-refractivity contribution in [3.8, 4) is 0 Å². The van der Waals surface area contributed by atoms with Gasteiger partial charge in [-0.2, -0.15) is 0 Å². The molecule has 1 saturated carbocycles. The molecule has 1 fully saturated rings. The summed E-state index contributed by atoms with van der Waals surface area (Å²) in [4.78, 5) is 0. The van der Waals surface area contributed by atoms with E-state index in [1.54, 1.807) is 0 Å². The molecular formula is C16H26N2. The smallest absolute Gasteiger partial charge is 0.0295 e. The first-order valence-electron chi connectivity index (χ1n) is 7.27. The molecule has 0 saturated heterocycles. The molecule has 0 aliphatic heterocycles. The molecule has 0 heterocycles. The molecule has 18 heavy (non-hydrogen) atoms. The lowest BCUT2D eigenvalue weighted by atomic mass is 10.0. The number of benzene rings is 1. The zero-order valence-corrected chi connectivity index (χ0v) is 11.5. The Morgan fingerprint density at radius 3 is 2.61 bits per heavy atom. The Balaban J connectivity index is 1.58. The van der Waals surface area contributed by atoms with Crippen LogP contribution in [0.25, 0.3) is 0 Å². The summed E-state index contributed by atoms with van der Waals surface area (Å²) in [5.41, 5.74) is 8.08. The van der Waals surface area contributed by atoms with Gasteiger partial charge in [0.15, 0.2) is 0 Å². The first kappa shape index (κ1) is 13.6. The van der Waals surface area contributed by atoms with Crippen LogP contribution < -0.4 is 11.1 Å². The molecule has 3 N–H and O–H groups in total. The summed E-state index contributed by atoms with van der Waals surface area (Å²) in [6, 6.07) is 10.6. The van der Waals surface area contributed by atoms with Crippen molar-refractivity contribution in [3.63, 3.8) is 0 Å². The highest BCUT2D eigenvalue weighted by Gasteiger charge is 2.39. The van der Waals surface area contributed by atoms with Crippen molar-refractivity contribution < 1.29 is 0 Å². The molecule has 2 heteroatoms. The number of hydrogen-bond acceptors (Lipinski definition) is 2. The highest BCUT2D eigenvalue weighted by atomic mass is 14.9. The SMILES string of the molecule is CCC1(CNCCCC(N)c2ccccc2)CC1. The van der Waals surface area contributed by atoms with E-state index in [9.17, 15) is 0 Å². The summed E-state index contributed by atoms with van der Waals surface area (Å²) < 4.78 is 0. The third kappa shape index (κ3) is 3.82. The fraction of sp³-hybridized carbons (Fsp3) is 0.625. The van der Waals surface area contributed by atoms with E-state index in [1.807, 2.05) is 6.07 Å². The average molecular weight is 246 g/mol. The zero-order valence-electron chi connectivity index (χ0n) is 11.5. The van der Waals surface area contributed by atoms with Crippen LogP contribution in [0.4, 0.5) is 0 Å². The molecule has 0 aromatic heterocycles. The summed E-state index contributed by atoms with van der Waals surface area (Å²) in [6.45, 7) is 4.60. The van der Waals surface area contributed by atoms with E-state index < -0.39 is 0 Å². The molecule has 1 aromatic carbocycles. The van der Waals surface area contributed by atoms with Crippen LogP contribution in [0, 0.1) is 5.41 Å². The Hall–Kier alpha value is -0.860. The topological polar surface area (TPSA) is 38.0 Å². The Bertz CT molecular complexity index is 343. The van der Waals surface area contributed by atoms with Gasteiger partial charge >= 0.3 is 0 Å². The minimum atomic E-state index is 0.189. The molecule has 0 bridgehead atoms.